The smallest absolute Gasteiger partial charge is 0.410 e. The number of aliphatic hydroxyl groups excluding tert-OH is 1. The second-order valence-electron chi connectivity index (χ2n) is 7.24. The first-order chi connectivity index (χ1) is 8.67. The van der Waals surface area contributed by atoms with E-state index < -0.39 is 11.2 Å². The number of likely N-dealkylation sites (tertiary alicyclic amines) is 1. The molecule has 5 nitrogen and oxygen atoms in total. The Bertz CT molecular complexity index is 355. The Morgan fingerprint density at radius 1 is 1.37 bits per heavy atom. The lowest BCUT2D eigenvalue weighted by molar-refractivity contribution is -0.170. The zero-order valence-corrected chi connectivity index (χ0v) is 12.1. The molecule has 19 heavy (non-hydrogen) atoms. The molecule has 1 heterocycles. The molecular weight excluding hydrogens is 246 g/mol. The third-order valence-electron chi connectivity index (χ3n) is 4.02. The van der Waals surface area contributed by atoms with Crippen molar-refractivity contribution in [3.63, 3.8) is 0 Å². The molecule has 0 atom stereocenters. The van der Waals surface area contributed by atoms with Crippen LogP contribution in [-0.4, -0.2) is 52.1 Å². The zero-order valence-electron chi connectivity index (χ0n) is 12.1. The Balaban J connectivity index is 1.94. The summed E-state index contributed by atoms with van der Waals surface area (Å²) in [5.41, 5.74) is -1.43. The molecule has 2 N–H and O–H groups in total. The fraction of sp³-hybridized carbons (Fsp3) is 0.929. The number of hydrogen-bond acceptors (Lipinski definition) is 4. The van der Waals surface area contributed by atoms with Gasteiger partial charge in [0.2, 0.25) is 0 Å². The summed E-state index contributed by atoms with van der Waals surface area (Å²) in [5, 5.41) is 19.1. The standard InChI is InChI=1S/C14H25NO4/c1-12(2,3)19-11(17)15-6-4-5-13(9-15)7-14(18,8-13)10-16/h16,18H,4-10H2,1-3H3. The van der Waals surface area contributed by atoms with E-state index in [1.165, 1.54) is 0 Å². The van der Waals surface area contributed by atoms with Crippen molar-refractivity contribution < 1.29 is 19.7 Å². The number of carbonyl (C=O) groups excluding carboxylic acids is 1. The number of ether oxygens (including phenoxy) is 1. The van der Waals surface area contributed by atoms with Gasteiger partial charge >= 0.3 is 6.09 Å². The number of nitrogens with zero attached hydrogens (tertiary/aromatic N) is 1. The molecule has 0 unspecified atom stereocenters. The molecule has 0 aromatic carbocycles. The predicted molar refractivity (Wildman–Crippen MR) is 70.7 cm³/mol. The highest BCUT2D eigenvalue weighted by atomic mass is 16.6. The number of rotatable bonds is 1. The average Bonchev–Trinajstić information content (AvgIpc) is 2.25. The minimum Gasteiger partial charge on any atom is -0.444 e. The summed E-state index contributed by atoms with van der Waals surface area (Å²) in [6, 6.07) is 0. The van der Waals surface area contributed by atoms with Gasteiger partial charge in [0.25, 0.3) is 0 Å². The normalized spacial score (nSPS) is 35.1. The molecule has 2 aliphatic rings. The quantitative estimate of drug-likeness (QED) is 0.758. The summed E-state index contributed by atoms with van der Waals surface area (Å²) >= 11 is 0. The van der Waals surface area contributed by atoms with E-state index in [1.807, 2.05) is 20.8 Å². The summed E-state index contributed by atoms with van der Waals surface area (Å²) in [4.78, 5) is 13.8. The summed E-state index contributed by atoms with van der Waals surface area (Å²) in [6.45, 7) is 6.73. The molecule has 1 spiro atoms. The minimum atomic E-state index is -0.934. The van der Waals surface area contributed by atoms with Crippen LogP contribution in [0.5, 0.6) is 0 Å². The Kier molecular flexibility index (Phi) is 3.56. The molecule has 2 fully saturated rings. The fourth-order valence-electron chi connectivity index (χ4n) is 3.43. The van der Waals surface area contributed by atoms with Crippen molar-refractivity contribution in [2.24, 2.45) is 5.41 Å². The lowest BCUT2D eigenvalue weighted by Crippen LogP contribution is -2.61. The maximum Gasteiger partial charge on any atom is 0.410 e. The van der Waals surface area contributed by atoms with Gasteiger partial charge in [0.15, 0.2) is 0 Å². The highest BCUT2D eigenvalue weighted by molar-refractivity contribution is 5.68. The molecule has 0 aromatic heterocycles. The van der Waals surface area contributed by atoms with Crippen molar-refractivity contribution in [3.8, 4) is 0 Å². The van der Waals surface area contributed by atoms with Crippen LogP contribution in [0.4, 0.5) is 4.79 Å². The van der Waals surface area contributed by atoms with E-state index in [2.05, 4.69) is 0 Å². The maximum absolute atomic E-state index is 12.1. The van der Waals surface area contributed by atoms with E-state index in [-0.39, 0.29) is 18.1 Å². The molecule has 1 aliphatic heterocycles. The van der Waals surface area contributed by atoms with Gasteiger partial charge in [0, 0.05) is 13.1 Å². The van der Waals surface area contributed by atoms with Gasteiger partial charge in [-0.25, -0.2) is 4.79 Å². The summed E-state index contributed by atoms with van der Waals surface area (Å²) < 4.78 is 5.39. The van der Waals surface area contributed by atoms with Gasteiger partial charge < -0.3 is 19.8 Å². The SMILES string of the molecule is CC(C)(C)OC(=O)N1CCCC2(C1)CC(O)(CO)C2. The van der Waals surface area contributed by atoms with Crippen LogP contribution < -0.4 is 0 Å². The van der Waals surface area contributed by atoms with E-state index in [0.717, 1.165) is 12.8 Å². The molecule has 0 radical (unpaired) electrons. The number of hydrogen-bond donors (Lipinski definition) is 2. The van der Waals surface area contributed by atoms with Crippen LogP contribution >= 0.6 is 0 Å². The first-order valence-corrected chi connectivity index (χ1v) is 6.98. The monoisotopic (exact) mass is 271 g/mol. The third-order valence-corrected chi connectivity index (χ3v) is 4.02. The molecular formula is C14H25NO4. The lowest BCUT2D eigenvalue weighted by atomic mass is 9.56. The van der Waals surface area contributed by atoms with Crippen molar-refractivity contribution in [2.45, 2.75) is 57.7 Å². The van der Waals surface area contributed by atoms with Gasteiger partial charge in [-0.05, 0) is 51.9 Å². The largest absolute Gasteiger partial charge is 0.444 e. The summed E-state index contributed by atoms with van der Waals surface area (Å²) in [7, 11) is 0. The Labute approximate surface area is 114 Å². The van der Waals surface area contributed by atoms with Crippen molar-refractivity contribution in [3.05, 3.63) is 0 Å². The van der Waals surface area contributed by atoms with E-state index >= 15 is 0 Å². The molecule has 0 bridgehead atoms. The molecule has 1 aliphatic carbocycles. The number of amides is 1. The second-order valence-corrected chi connectivity index (χ2v) is 7.24. The van der Waals surface area contributed by atoms with Crippen molar-refractivity contribution >= 4 is 6.09 Å². The number of aliphatic hydroxyl groups is 2. The fourth-order valence-corrected chi connectivity index (χ4v) is 3.43. The summed E-state index contributed by atoms with van der Waals surface area (Å²) in [6.07, 6.45) is 2.83. The summed E-state index contributed by atoms with van der Waals surface area (Å²) in [5.74, 6) is 0. The topological polar surface area (TPSA) is 70.0 Å². The highest BCUT2D eigenvalue weighted by Gasteiger charge is 2.55. The molecule has 1 saturated carbocycles. The van der Waals surface area contributed by atoms with E-state index in [1.54, 1.807) is 4.90 Å². The van der Waals surface area contributed by atoms with Crippen molar-refractivity contribution in [1.29, 1.82) is 0 Å². The number of carbonyl (C=O) groups is 1. The van der Waals surface area contributed by atoms with Crippen LogP contribution in [0.2, 0.25) is 0 Å². The molecule has 1 amide bonds. The van der Waals surface area contributed by atoms with E-state index in [9.17, 15) is 9.90 Å². The maximum atomic E-state index is 12.1. The first-order valence-electron chi connectivity index (χ1n) is 6.98. The lowest BCUT2D eigenvalue weighted by Gasteiger charge is -2.56. The van der Waals surface area contributed by atoms with Crippen molar-refractivity contribution in [2.75, 3.05) is 19.7 Å². The van der Waals surface area contributed by atoms with E-state index in [0.29, 0.717) is 25.9 Å². The van der Waals surface area contributed by atoms with Gasteiger partial charge in [-0.15, -0.1) is 0 Å². The van der Waals surface area contributed by atoms with Gasteiger partial charge in [-0.2, -0.15) is 0 Å². The molecule has 1 saturated heterocycles. The Morgan fingerprint density at radius 2 is 2.00 bits per heavy atom. The average molecular weight is 271 g/mol. The van der Waals surface area contributed by atoms with Gasteiger partial charge in [0.1, 0.15) is 5.60 Å². The predicted octanol–water partition coefficient (Wildman–Crippen LogP) is 1.52. The zero-order chi connectivity index (χ0) is 14.3. The highest BCUT2D eigenvalue weighted by Crippen LogP contribution is 2.53. The van der Waals surface area contributed by atoms with Crippen LogP contribution in [0.3, 0.4) is 0 Å². The Hall–Kier alpha value is -0.810. The molecule has 110 valence electrons. The minimum absolute atomic E-state index is 0.0212. The van der Waals surface area contributed by atoms with E-state index in [4.69, 9.17) is 9.84 Å². The van der Waals surface area contributed by atoms with Gasteiger partial charge in [-0.3, -0.25) is 0 Å². The van der Waals surface area contributed by atoms with Crippen LogP contribution in [0.15, 0.2) is 0 Å². The van der Waals surface area contributed by atoms with Crippen LogP contribution in [-0.2, 0) is 4.74 Å². The second kappa shape index (κ2) is 4.63. The third kappa shape index (κ3) is 3.20. The van der Waals surface area contributed by atoms with Crippen LogP contribution in [0, 0.1) is 5.41 Å². The molecule has 5 heteroatoms. The van der Waals surface area contributed by atoms with Crippen LogP contribution in [0.25, 0.3) is 0 Å². The van der Waals surface area contributed by atoms with Gasteiger partial charge in [-0.1, -0.05) is 0 Å². The van der Waals surface area contributed by atoms with Crippen molar-refractivity contribution in [1.82, 2.24) is 4.90 Å². The first kappa shape index (κ1) is 14.6. The molecule has 0 aromatic rings. The molecule has 2 rings (SSSR count). The number of piperidine rings is 1. The van der Waals surface area contributed by atoms with Gasteiger partial charge in [0.05, 0.1) is 12.2 Å². The Morgan fingerprint density at radius 3 is 2.53 bits per heavy atom. The van der Waals surface area contributed by atoms with Crippen LogP contribution in [0.1, 0.15) is 46.5 Å².